The molecule has 0 radical (unpaired) electrons. The number of aryl methyl sites for hydroxylation is 1. The Kier molecular flexibility index (Phi) is 3.85. The van der Waals surface area contributed by atoms with Gasteiger partial charge in [-0.3, -0.25) is 9.59 Å². The summed E-state index contributed by atoms with van der Waals surface area (Å²) in [4.78, 5) is 24.6. The number of nitrogens with one attached hydrogen (secondary N) is 2. The van der Waals surface area contributed by atoms with Crippen LogP contribution in [-0.4, -0.2) is 30.1 Å². The SMILES string of the molecule is Cc1cc(C(=O)NCCNC(=O)C23CC4CC(CC(C4)C2)C3)no1. The smallest absolute Gasteiger partial charge is 0.273 e. The Labute approximate surface area is 141 Å². The van der Waals surface area contributed by atoms with Crippen LogP contribution in [0, 0.1) is 30.1 Å². The van der Waals surface area contributed by atoms with E-state index in [1.807, 2.05) is 0 Å². The van der Waals surface area contributed by atoms with Gasteiger partial charge in [0.15, 0.2) is 5.69 Å². The maximum Gasteiger partial charge on any atom is 0.273 e. The van der Waals surface area contributed by atoms with Crippen molar-refractivity contribution in [3.05, 3.63) is 17.5 Å². The summed E-state index contributed by atoms with van der Waals surface area (Å²) in [6.45, 7) is 2.61. The normalized spacial score (nSPS) is 33.5. The summed E-state index contributed by atoms with van der Waals surface area (Å²) in [6.07, 6.45) is 7.19. The molecule has 2 amide bonds. The first-order valence-corrected chi connectivity index (χ1v) is 9.04. The Morgan fingerprint density at radius 3 is 2.25 bits per heavy atom. The molecule has 24 heavy (non-hydrogen) atoms. The van der Waals surface area contributed by atoms with Crippen LogP contribution < -0.4 is 10.6 Å². The predicted molar refractivity (Wildman–Crippen MR) is 87.2 cm³/mol. The molecule has 130 valence electrons. The zero-order valence-electron chi connectivity index (χ0n) is 14.1. The average molecular weight is 331 g/mol. The predicted octanol–water partition coefficient (Wildman–Crippen LogP) is 2.05. The molecule has 1 heterocycles. The van der Waals surface area contributed by atoms with Gasteiger partial charge in [-0.25, -0.2) is 0 Å². The van der Waals surface area contributed by atoms with Crippen molar-refractivity contribution in [2.24, 2.45) is 23.2 Å². The molecule has 0 unspecified atom stereocenters. The van der Waals surface area contributed by atoms with Crippen molar-refractivity contribution in [1.29, 1.82) is 0 Å². The lowest BCUT2D eigenvalue weighted by atomic mass is 9.49. The summed E-state index contributed by atoms with van der Waals surface area (Å²) in [7, 11) is 0. The lowest BCUT2D eigenvalue weighted by molar-refractivity contribution is -0.146. The molecule has 6 heteroatoms. The van der Waals surface area contributed by atoms with Crippen molar-refractivity contribution >= 4 is 11.8 Å². The number of nitrogens with zero attached hydrogens (tertiary/aromatic N) is 1. The molecular weight excluding hydrogens is 306 g/mol. The van der Waals surface area contributed by atoms with E-state index in [-0.39, 0.29) is 22.9 Å². The highest BCUT2D eigenvalue weighted by molar-refractivity contribution is 5.92. The molecule has 0 atom stereocenters. The van der Waals surface area contributed by atoms with Crippen LogP contribution in [0.3, 0.4) is 0 Å². The number of aromatic nitrogens is 1. The molecule has 1 aromatic rings. The van der Waals surface area contributed by atoms with Gasteiger partial charge >= 0.3 is 0 Å². The highest BCUT2D eigenvalue weighted by Gasteiger charge is 2.54. The zero-order chi connectivity index (χ0) is 16.7. The van der Waals surface area contributed by atoms with Crippen molar-refractivity contribution in [3.63, 3.8) is 0 Å². The van der Waals surface area contributed by atoms with Gasteiger partial charge in [-0.1, -0.05) is 5.16 Å². The second kappa shape index (κ2) is 5.90. The molecule has 4 aliphatic rings. The van der Waals surface area contributed by atoms with Crippen molar-refractivity contribution in [3.8, 4) is 0 Å². The minimum absolute atomic E-state index is 0.123. The summed E-state index contributed by atoms with van der Waals surface area (Å²) in [5, 5.41) is 9.50. The molecule has 6 nitrogen and oxygen atoms in total. The fourth-order valence-electron chi connectivity index (χ4n) is 5.49. The quantitative estimate of drug-likeness (QED) is 0.809. The Morgan fingerprint density at radius 2 is 1.71 bits per heavy atom. The largest absolute Gasteiger partial charge is 0.361 e. The van der Waals surface area contributed by atoms with Crippen LogP contribution in [0.1, 0.15) is 54.8 Å². The van der Waals surface area contributed by atoms with Crippen molar-refractivity contribution in [2.45, 2.75) is 45.4 Å². The third-order valence-electron chi connectivity index (χ3n) is 6.08. The van der Waals surface area contributed by atoms with E-state index in [4.69, 9.17) is 4.52 Å². The van der Waals surface area contributed by atoms with Crippen molar-refractivity contribution in [2.75, 3.05) is 13.1 Å². The van der Waals surface area contributed by atoms with E-state index in [9.17, 15) is 9.59 Å². The molecule has 0 spiro atoms. The number of carbonyl (C=O) groups is 2. The van der Waals surface area contributed by atoms with E-state index in [1.165, 1.54) is 19.3 Å². The maximum absolute atomic E-state index is 12.8. The van der Waals surface area contributed by atoms with Crippen molar-refractivity contribution in [1.82, 2.24) is 15.8 Å². The van der Waals surface area contributed by atoms with E-state index in [0.717, 1.165) is 37.0 Å². The van der Waals surface area contributed by atoms with Crippen LogP contribution in [-0.2, 0) is 4.79 Å². The number of hydrogen-bond acceptors (Lipinski definition) is 4. The molecule has 0 aliphatic heterocycles. The minimum Gasteiger partial charge on any atom is -0.361 e. The first kappa shape index (κ1) is 15.7. The first-order valence-electron chi connectivity index (χ1n) is 9.04. The van der Waals surface area contributed by atoms with Crippen LogP contribution in [0.2, 0.25) is 0 Å². The van der Waals surface area contributed by atoms with Gasteiger partial charge < -0.3 is 15.2 Å². The van der Waals surface area contributed by atoms with Gasteiger partial charge in [-0.2, -0.15) is 0 Å². The van der Waals surface area contributed by atoms with Gasteiger partial charge in [-0.05, 0) is 63.2 Å². The Bertz CT molecular complexity index is 616. The third kappa shape index (κ3) is 2.82. The molecule has 1 aromatic heterocycles. The van der Waals surface area contributed by atoms with Crippen LogP contribution in [0.5, 0.6) is 0 Å². The van der Waals surface area contributed by atoms with Gasteiger partial charge in [0.05, 0.1) is 0 Å². The molecule has 0 aromatic carbocycles. The lowest BCUT2D eigenvalue weighted by Crippen LogP contribution is -2.54. The summed E-state index contributed by atoms with van der Waals surface area (Å²) in [6, 6.07) is 1.60. The topological polar surface area (TPSA) is 84.2 Å². The highest BCUT2D eigenvalue weighted by atomic mass is 16.5. The molecule has 0 saturated heterocycles. The first-order chi connectivity index (χ1) is 11.5. The number of amides is 2. The number of hydrogen-bond donors (Lipinski definition) is 2. The van der Waals surface area contributed by atoms with Crippen LogP contribution >= 0.6 is 0 Å². The highest BCUT2D eigenvalue weighted by Crippen LogP contribution is 2.60. The van der Waals surface area contributed by atoms with E-state index in [2.05, 4.69) is 15.8 Å². The Morgan fingerprint density at radius 1 is 1.12 bits per heavy atom. The van der Waals surface area contributed by atoms with Crippen molar-refractivity contribution < 1.29 is 14.1 Å². The molecule has 4 bridgehead atoms. The van der Waals surface area contributed by atoms with E-state index in [1.54, 1.807) is 13.0 Å². The second-order valence-electron chi connectivity index (χ2n) is 8.03. The maximum atomic E-state index is 12.8. The Balaban J connectivity index is 1.26. The molecule has 5 rings (SSSR count). The molecular formula is C18H25N3O3. The summed E-state index contributed by atoms with van der Waals surface area (Å²) >= 11 is 0. The molecule has 4 saturated carbocycles. The summed E-state index contributed by atoms with van der Waals surface area (Å²) < 4.78 is 4.89. The standard InChI is InChI=1S/C18H25N3O3/c1-11-4-15(21-24-11)16(22)19-2-3-20-17(23)18-8-12-5-13(9-18)7-14(6-12)10-18/h4,12-14H,2-3,5-10H2,1H3,(H,19,22)(H,20,23). The number of rotatable bonds is 5. The lowest BCUT2D eigenvalue weighted by Gasteiger charge is -2.55. The Hall–Kier alpha value is -1.85. The van der Waals surface area contributed by atoms with E-state index >= 15 is 0 Å². The van der Waals surface area contributed by atoms with Crippen LogP contribution in [0.25, 0.3) is 0 Å². The number of carbonyl (C=O) groups excluding carboxylic acids is 2. The fraction of sp³-hybridized carbons (Fsp3) is 0.722. The van der Waals surface area contributed by atoms with Gasteiger partial charge in [0.25, 0.3) is 5.91 Å². The zero-order valence-corrected chi connectivity index (χ0v) is 14.1. The molecule has 4 fully saturated rings. The summed E-state index contributed by atoms with van der Waals surface area (Å²) in [5.41, 5.74) is 0.155. The van der Waals surface area contributed by atoms with Crippen LogP contribution in [0.4, 0.5) is 0 Å². The third-order valence-corrected chi connectivity index (χ3v) is 6.08. The van der Waals surface area contributed by atoms with Gasteiger partial charge in [0.1, 0.15) is 5.76 Å². The van der Waals surface area contributed by atoms with Gasteiger partial charge in [0, 0.05) is 24.6 Å². The van der Waals surface area contributed by atoms with Gasteiger partial charge in [-0.15, -0.1) is 0 Å². The minimum atomic E-state index is -0.268. The second-order valence-corrected chi connectivity index (χ2v) is 8.03. The molecule has 4 aliphatic carbocycles. The fourth-order valence-corrected chi connectivity index (χ4v) is 5.49. The van der Waals surface area contributed by atoms with E-state index < -0.39 is 0 Å². The average Bonchev–Trinajstić information content (AvgIpc) is 2.96. The monoisotopic (exact) mass is 331 g/mol. The van der Waals surface area contributed by atoms with Gasteiger partial charge in [0.2, 0.25) is 5.91 Å². The van der Waals surface area contributed by atoms with Crippen LogP contribution in [0.15, 0.2) is 10.6 Å². The summed E-state index contributed by atoms with van der Waals surface area (Å²) in [5.74, 6) is 2.82. The molecule has 2 N–H and O–H groups in total. The van der Waals surface area contributed by atoms with E-state index in [0.29, 0.717) is 18.8 Å².